The lowest BCUT2D eigenvalue weighted by Gasteiger charge is -2.56. The van der Waals surface area contributed by atoms with Gasteiger partial charge in [0, 0.05) is 45.6 Å². The summed E-state index contributed by atoms with van der Waals surface area (Å²) in [6, 6.07) is 13.0. The Morgan fingerprint density at radius 2 is 1.61 bits per heavy atom. The Morgan fingerprint density at radius 1 is 0.883 bits per heavy atom. The molecule has 0 amide bonds. The van der Waals surface area contributed by atoms with Crippen LogP contribution in [-0.4, -0.2) is 99.2 Å². The van der Waals surface area contributed by atoms with Crippen LogP contribution in [0.3, 0.4) is 0 Å². The van der Waals surface area contributed by atoms with Gasteiger partial charge in [-0.25, -0.2) is 9.59 Å². The van der Waals surface area contributed by atoms with Crippen LogP contribution in [-0.2, 0) is 46.3 Å². The fourth-order valence-electron chi connectivity index (χ4n) is 12.0. The van der Waals surface area contributed by atoms with Gasteiger partial charge in [-0.3, -0.25) is 9.59 Å². The molecule has 16 heteroatoms. The lowest BCUT2D eigenvalue weighted by molar-refractivity contribution is -0.373. The fourth-order valence-corrected chi connectivity index (χ4v) is 12.2. The molecule has 4 fully saturated rings. The number of esters is 2. The molecule has 2 N–H and O–H groups in total. The van der Waals surface area contributed by atoms with Crippen LogP contribution in [0.1, 0.15) is 132 Å². The highest BCUT2D eigenvalue weighted by Gasteiger charge is 2.81. The molecule has 0 radical (unpaired) electrons. The number of Topliss-reactive ketones (excluding diaryl/α,β-unsaturated/α-hetero) is 2. The second-order valence-corrected chi connectivity index (χ2v) is 23.4. The molecule has 3 aromatic carbocycles. The number of carbonyl (C=O) groups is 4. The minimum Gasteiger partial charge on any atom is -0.482 e. The van der Waals surface area contributed by atoms with Crippen molar-refractivity contribution >= 4 is 41.2 Å². The molecule has 3 aromatic rings. The minimum absolute atomic E-state index is 0.00550. The molecular formula is C61H67ClO15. The number of halogens is 1. The number of rotatable bonds is 14. The quantitative estimate of drug-likeness (QED) is 0.0670. The Balaban J connectivity index is 1.04. The molecule has 5 heterocycles. The first kappa shape index (κ1) is 54.4. The first-order valence-corrected chi connectivity index (χ1v) is 26.7. The van der Waals surface area contributed by atoms with Crippen LogP contribution >= 0.6 is 11.6 Å². The number of aliphatic hydroxyl groups is 2. The second kappa shape index (κ2) is 20.1. The van der Waals surface area contributed by atoms with Gasteiger partial charge < -0.3 is 52.8 Å². The van der Waals surface area contributed by atoms with Crippen LogP contribution in [0.2, 0.25) is 5.02 Å². The van der Waals surface area contributed by atoms with Gasteiger partial charge in [0.05, 0.1) is 23.3 Å². The summed E-state index contributed by atoms with van der Waals surface area (Å²) < 4.78 is 57.4. The van der Waals surface area contributed by atoms with Gasteiger partial charge in [-0.05, 0) is 137 Å². The molecule has 3 saturated heterocycles. The number of carbonyl (C=O) groups excluding carboxylic acids is 4. The number of ketones is 2. The van der Waals surface area contributed by atoms with E-state index in [0.29, 0.717) is 46.7 Å². The van der Waals surface area contributed by atoms with Crippen molar-refractivity contribution in [1.82, 2.24) is 0 Å². The highest BCUT2D eigenvalue weighted by molar-refractivity contribution is 6.31. The number of allylic oxidation sites excluding steroid dienone is 5. The Bertz CT molecular complexity index is 3080. The third-order valence-electron chi connectivity index (χ3n) is 16.0. The molecule has 3 aliphatic carbocycles. The highest BCUT2D eigenvalue weighted by Crippen LogP contribution is 2.69. The topological polar surface area (TPSA) is 192 Å². The van der Waals surface area contributed by atoms with Gasteiger partial charge in [0.1, 0.15) is 59.4 Å². The standard InChI is InChI=1S/C61H67ClO15/c1-32(2)14-13-25-59(10)26-24-40-49(75-59)39(22-17-33(3)4)51-45(50(40)73-55(68)35-18-20-38(21-19-35)71-56-48(65)47(64)52-43(72-56)31-70-58(8,9)74-52)46(63)41-28-37-29-44-57(6,7)77-60(53(37)66,61(41,44)76-51)27-23-34(5)54(67)69-30-36-15-11-12-16-42(36)62/h11-12,14-21,23-24,26,28,37,43-44,47-48,52,56,64-65H,13,22,25,27,29-31H2,1-10H3/t37?,43-,44?,47-,48-,52-,56-,59?,60?,61?/m1/s1. The lowest BCUT2D eigenvalue weighted by Crippen LogP contribution is -2.72. The molecule has 10 atom stereocenters. The Hall–Kier alpha value is -5.91. The predicted molar refractivity (Wildman–Crippen MR) is 284 cm³/mol. The first-order valence-electron chi connectivity index (χ1n) is 26.4. The molecule has 408 valence electrons. The summed E-state index contributed by atoms with van der Waals surface area (Å²) in [6.07, 6.45) is 7.30. The summed E-state index contributed by atoms with van der Waals surface area (Å²) in [4.78, 5) is 59.3. The number of hydrogen-bond acceptors (Lipinski definition) is 15. The number of benzene rings is 3. The number of aliphatic hydroxyl groups excluding tert-OH is 2. The highest BCUT2D eigenvalue weighted by atomic mass is 35.5. The van der Waals surface area contributed by atoms with E-state index in [2.05, 4.69) is 6.08 Å². The van der Waals surface area contributed by atoms with Crippen molar-refractivity contribution in [2.24, 2.45) is 11.8 Å². The van der Waals surface area contributed by atoms with Crippen molar-refractivity contribution in [1.29, 1.82) is 0 Å². The monoisotopic (exact) mass is 1070 g/mol. The molecule has 1 saturated carbocycles. The van der Waals surface area contributed by atoms with Gasteiger partial charge >= 0.3 is 11.9 Å². The van der Waals surface area contributed by atoms with E-state index in [1.165, 1.54) is 24.3 Å². The summed E-state index contributed by atoms with van der Waals surface area (Å²) in [6.45, 7) is 18.8. The summed E-state index contributed by atoms with van der Waals surface area (Å²) >= 11 is 6.36. The molecule has 4 bridgehead atoms. The smallest absolute Gasteiger partial charge is 0.343 e. The van der Waals surface area contributed by atoms with Gasteiger partial charge in [0.2, 0.25) is 6.29 Å². The molecule has 8 aliphatic rings. The van der Waals surface area contributed by atoms with Gasteiger partial charge in [-0.2, -0.15) is 0 Å². The maximum atomic E-state index is 16.0. The van der Waals surface area contributed by atoms with Crippen LogP contribution in [0.25, 0.3) is 6.08 Å². The van der Waals surface area contributed by atoms with Crippen molar-refractivity contribution in [3.8, 4) is 23.0 Å². The van der Waals surface area contributed by atoms with Crippen molar-refractivity contribution in [3.05, 3.63) is 134 Å². The predicted octanol–water partition coefficient (Wildman–Crippen LogP) is 10.0. The summed E-state index contributed by atoms with van der Waals surface area (Å²) in [7, 11) is 0. The zero-order chi connectivity index (χ0) is 55.1. The number of ether oxygens (including phenoxy) is 9. The largest absolute Gasteiger partial charge is 0.482 e. The molecule has 1 spiro atoms. The minimum atomic E-state index is -1.77. The van der Waals surface area contributed by atoms with Gasteiger partial charge in [0.25, 0.3) is 0 Å². The van der Waals surface area contributed by atoms with E-state index in [0.717, 1.165) is 11.1 Å². The maximum Gasteiger partial charge on any atom is 0.343 e. The third-order valence-corrected chi connectivity index (χ3v) is 16.3. The average Bonchev–Trinajstić information content (AvgIpc) is 3.84. The van der Waals surface area contributed by atoms with E-state index < -0.39 is 88.5 Å². The molecule has 5 unspecified atom stereocenters. The van der Waals surface area contributed by atoms with E-state index in [4.69, 9.17) is 54.2 Å². The van der Waals surface area contributed by atoms with Crippen molar-refractivity contribution in [2.45, 2.75) is 167 Å². The van der Waals surface area contributed by atoms with E-state index in [9.17, 15) is 19.8 Å². The Morgan fingerprint density at radius 3 is 2.32 bits per heavy atom. The molecular weight excluding hydrogens is 1010 g/mol. The molecule has 11 rings (SSSR count). The lowest BCUT2D eigenvalue weighted by atomic mass is 9.51. The normalized spacial score (nSPS) is 30.8. The third kappa shape index (κ3) is 9.59. The average molecular weight is 1080 g/mol. The van der Waals surface area contributed by atoms with E-state index >= 15 is 9.59 Å². The fraction of sp³-hybridized carbons (Fsp3) is 0.475. The van der Waals surface area contributed by atoms with Crippen molar-refractivity contribution in [3.63, 3.8) is 0 Å². The van der Waals surface area contributed by atoms with Gasteiger partial charge in [-0.15, -0.1) is 0 Å². The van der Waals surface area contributed by atoms with Crippen LogP contribution in [0.5, 0.6) is 23.0 Å². The molecule has 77 heavy (non-hydrogen) atoms. The van der Waals surface area contributed by atoms with E-state index in [-0.39, 0.29) is 71.4 Å². The Kier molecular flexibility index (Phi) is 14.2. The van der Waals surface area contributed by atoms with Crippen LogP contribution in [0.4, 0.5) is 0 Å². The molecule has 0 aromatic heterocycles. The van der Waals surface area contributed by atoms with E-state index in [1.807, 2.05) is 66.7 Å². The maximum absolute atomic E-state index is 16.0. The first-order chi connectivity index (χ1) is 36.4. The summed E-state index contributed by atoms with van der Waals surface area (Å²) in [5.41, 5.74) is -1.14. The molecule has 5 aliphatic heterocycles. The number of hydrogen-bond donors (Lipinski definition) is 2. The van der Waals surface area contributed by atoms with Crippen LogP contribution < -0.4 is 18.9 Å². The van der Waals surface area contributed by atoms with Crippen molar-refractivity contribution < 1.29 is 72.0 Å². The van der Waals surface area contributed by atoms with Crippen LogP contribution in [0, 0.1) is 11.8 Å². The Labute approximate surface area is 453 Å². The van der Waals surface area contributed by atoms with E-state index in [1.54, 1.807) is 57.2 Å². The van der Waals surface area contributed by atoms with Gasteiger partial charge in [0.15, 0.2) is 34.3 Å². The van der Waals surface area contributed by atoms with Crippen LogP contribution in [0.15, 0.2) is 101 Å². The van der Waals surface area contributed by atoms with Crippen molar-refractivity contribution in [2.75, 3.05) is 6.61 Å². The number of fused-ring (bicyclic) bond motifs is 3. The summed E-state index contributed by atoms with van der Waals surface area (Å²) in [5, 5.41) is 22.5. The zero-order valence-corrected chi connectivity index (χ0v) is 45.9. The van der Waals surface area contributed by atoms with Gasteiger partial charge in [-0.1, -0.05) is 65.3 Å². The second-order valence-electron chi connectivity index (χ2n) is 23.0. The SMILES string of the molecule is CC(C)=CCCC1(C)C=Cc2c(c(CC=C(C)C)c3c(c2OC(=O)c2ccc(O[C@@H]4O[C@@H]5COC(C)(C)O[C@H]5[C@H](O)[C@H]4O)cc2)C(=O)C2=CC4CC5C(C)(C)OC(CC=C(C)C(=O)OCc6ccccc6Cl)(C4=O)C25O3)O1. The zero-order valence-electron chi connectivity index (χ0n) is 45.2. The molecule has 15 nitrogen and oxygen atoms in total. The summed E-state index contributed by atoms with van der Waals surface area (Å²) in [5.74, 6) is -3.84.